The number of hydrogen-bond donors (Lipinski definition) is 1. The molecule has 0 radical (unpaired) electrons. The first kappa shape index (κ1) is 22.7. The SMILES string of the molecule is CCCCCCSC1=NN2C(=c3ccccc3=NC2c2ccc(-c3ccc(Cl)cc3)o2)C(=O)N1. The molecule has 2 aromatic carbocycles. The van der Waals surface area contributed by atoms with Gasteiger partial charge in [0, 0.05) is 21.6 Å². The number of nitrogens with one attached hydrogen (secondary N) is 1. The average molecular weight is 493 g/mol. The third kappa shape index (κ3) is 4.63. The first-order valence-corrected chi connectivity index (χ1v) is 12.9. The predicted molar refractivity (Wildman–Crippen MR) is 137 cm³/mol. The lowest BCUT2D eigenvalue weighted by Gasteiger charge is -2.32. The summed E-state index contributed by atoms with van der Waals surface area (Å²) in [4.78, 5) is 18.1. The van der Waals surface area contributed by atoms with Gasteiger partial charge in [0.1, 0.15) is 11.5 Å². The molecule has 1 amide bonds. The molecule has 1 aromatic heterocycles. The molecule has 3 heterocycles. The third-order valence-electron chi connectivity index (χ3n) is 5.76. The Labute approximate surface area is 207 Å². The maximum absolute atomic E-state index is 13.2. The maximum Gasteiger partial charge on any atom is 0.276 e. The molecule has 0 spiro atoms. The molecule has 0 bridgehead atoms. The summed E-state index contributed by atoms with van der Waals surface area (Å²) in [7, 11) is 0. The van der Waals surface area contributed by atoms with Crippen LogP contribution in [-0.4, -0.2) is 21.8 Å². The summed E-state index contributed by atoms with van der Waals surface area (Å²) in [5.74, 6) is 2.05. The van der Waals surface area contributed by atoms with Gasteiger partial charge in [0.15, 0.2) is 10.9 Å². The molecule has 0 saturated heterocycles. The molecule has 3 aromatic rings. The van der Waals surface area contributed by atoms with Crippen LogP contribution in [0.1, 0.15) is 44.5 Å². The number of halogens is 1. The summed E-state index contributed by atoms with van der Waals surface area (Å²) in [6.45, 7) is 2.20. The predicted octanol–water partition coefficient (Wildman–Crippen LogP) is 5.06. The maximum atomic E-state index is 13.2. The summed E-state index contributed by atoms with van der Waals surface area (Å²) < 4.78 is 6.21. The van der Waals surface area contributed by atoms with E-state index in [4.69, 9.17) is 26.1 Å². The topological polar surface area (TPSA) is 70.2 Å². The van der Waals surface area contributed by atoms with Crippen molar-refractivity contribution in [1.29, 1.82) is 0 Å². The Balaban J connectivity index is 1.50. The minimum absolute atomic E-state index is 0.178. The summed E-state index contributed by atoms with van der Waals surface area (Å²) >= 11 is 7.60. The number of fused-ring (bicyclic) bond motifs is 2. The number of para-hydroxylation sites is 1. The van der Waals surface area contributed by atoms with Crippen molar-refractivity contribution in [2.24, 2.45) is 10.1 Å². The molecule has 174 valence electrons. The van der Waals surface area contributed by atoms with E-state index in [2.05, 4.69) is 12.2 Å². The molecule has 1 unspecified atom stereocenters. The molecule has 0 aliphatic carbocycles. The molecule has 6 nitrogen and oxygen atoms in total. The van der Waals surface area contributed by atoms with Gasteiger partial charge in [0.05, 0.1) is 5.36 Å². The summed E-state index contributed by atoms with van der Waals surface area (Å²) in [5, 5.41) is 12.2. The van der Waals surface area contributed by atoms with Gasteiger partial charge in [-0.3, -0.25) is 10.1 Å². The fourth-order valence-electron chi connectivity index (χ4n) is 4.04. The van der Waals surface area contributed by atoms with E-state index in [0.717, 1.165) is 28.3 Å². The van der Waals surface area contributed by atoms with Crippen molar-refractivity contribution in [3.63, 3.8) is 0 Å². The minimum Gasteiger partial charge on any atom is -0.457 e. The zero-order valence-electron chi connectivity index (χ0n) is 18.8. The summed E-state index contributed by atoms with van der Waals surface area (Å²) in [5.41, 5.74) is 1.40. The van der Waals surface area contributed by atoms with E-state index in [9.17, 15) is 4.79 Å². The highest BCUT2D eigenvalue weighted by atomic mass is 35.5. The standard InChI is InChI=1S/C26H25ClN4O2S/c1-2-3-4-7-16-34-26-29-25(32)23-19-8-5-6-9-20(19)28-24(31(23)30-26)22-15-14-21(33-22)17-10-12-18(27)13-11-17/h5-6,8-15,24H,2-4,7,16H2,1H3,(H,29,30,32). The van der Waals surface area contributed by atoms with Crippen LogP contribution in [0, 0.1) is 0 Å². The van der Waals surface area contributed by atoms with Gasteiger partial charge in [-0.1, -0.05) is 67.7 Å². The van der Waals surface area contributed by atoms with Crippen LogP contribution in [-0.2, 0) is 4.79 Å². The van der Waals surface area contributed by atoms with Crippen LogP contribution >= 0.6 is 23.4 Å². The highest BCUT2D eigenvalue weighted by Crippen LogP contribution is 2.34. The largest absolute Gasteiger partial charge is 0.457 e. The number of rotatable bonds is 7. The van der Waals surface area contributed by atoms with Crippen LogP contribution in [0.3, 0.4) is 0 Å². The fraction of sp³-hybridized carbons (Fsp3) is 0.269. The van der Waals surface area contributed by atoms with Crippen LogP contribution in [0.5, 0.6) is 0 Å². The molecule has 0 fully saturated rings. The van der Waals surface area contributed by atoms with E-state index in [1.807, 2.05) is 60.7 Å². The van der Waals surface area contributed by atoms with Gasteiger partial charge >= 0.3 is 0 Å². The van der Waals surface area contributed by atoms with Crippen molar-refractivity contribution < 1.29 is 9.21 Å². The number of hydrogen-bond acceptors (Lipinski definition) is 6. The van der Waals surface area contributed by atoms with Gasteiger partial charge in [-0.15, -0.1) is 5.10 Å². The van der Waals surface area contributed by atoms with E-state index in [1.165, 1.54) is 19.3 Å². The monoisotopic (exact) mass is 492 g/mol. The molecule has 5 rings (SSSR count). The van der Waals surface area contributed by atoms with Crippen LogP contribution in [0.15, 0.2) is 75.2 Å². The molecule has 1 atom stereocenters. The molecule has 2 aliphatic heterocycles. The van der Waals surface area contributed by atoms with Gasteiger partial charge in [-0.05, 0) is 48.9 Å². The number of hydrazone groups is 1. The Kier molecular flexibility index (Phi) is 6.74. The Bertz CT molecular complexity index is 1350. The first-order valence-electron chi connectivity index (χ1n) is 11.5. The third-order valence-corrected chi connectivity index (χ3v) is 6.96. The normalized spacial score (nSPS) is 16.9. The van der Waals surface area contributed by atoms with Crippen molar-refractivity contribution >= 4 is 40.1 Å². The zero-order chi connectivity index (χ0) is 23.5. The van der Waals surface area contributed by atoms with Gasteiger partial charge in [-0.2, -0.15) is 0 Å². The number of amidine groups is 1. The number of amides is 1. The van der Waals surface area contributed by atoms with Crippen LogP contribution < -0.4 is 15.9 Å². The Morgan fingerprint density at radius 2 is 1.88 bits per heavy atom. The molecular formula is C26H25ClN4O2S. The second-order valence-electron chi connectivity index (χ2n) is 8.19. The molecule has 0 saturated carbocycles. The van der Waals surface area contributed by atoms with Crippen LogP contribution in [0.25, 0.3) is 17.0 Å². The van der Waals surface area contributed by atoms with Crippen LogP contribution in [0.2, 0.25) is 5.02 Å². The van der Waals surface area contributed by atoms with Crippen molar-refractivity contribution in [3.8, 4) is 11.3 Å². The molecule has 1 N–H and O–H groups in total. The average Bonchev–Trinajstić information content (AvgIpc) is 3.34. The fourth-order valence-corrected chi connectivity index (χ4v) is 5.01. The molecule has 8 heteroatoms. The number of thioether (sulfide) groups is 1. The molecule has 2 aliphatic rings. The quantitative estimate of drug-likeness (QED) is 0.468. The van der Waals surface area contributed by atoms with Crippen LogP contribution in [0.4, 0.5) is 0 Å². The number of carbonyl (C=O) groups excluding carboxylic acids is 1. The number of nitrogens with zero attached hydrogens (tertiary/aromatic N) is 3. The van der Waals surface area contributed by atoms with E-state index < -0.39 is 6.17 Å². The number of furan rings is 1. The first-order chi connectivity index (χ1) is 16.6. The van der Waals surface area contributed by atoms with E-state index in [-0.39, 0.29) is 5.91 Å². The van der Waals surface area contributed by atoms with Gasteiger partial charge in [0.25, 0.3) is 5.91 Å². The van der Waals surface area contributed by atoms with Crippen molar-refractivity contribution in [3.05, 3.63) is 82.0 Å². The molecular weight excluding hydrogens is 468 g/mol. The second-order valence-corrected chi connectivity index (χ2v) is 9.71. The smallest absolute Gasteiger partial charge is 0.276 e. The van der Waals surface area contributed by atoms with E-state index in [1.54, 1.807) is 16.8 Å². The number of unbranched alkanes of at least 4 members (excludes halogenated alkanes) is 3. The Hall–Kier alpha value is -3.03. The second kappa shape index (κ2) is 10.1. The van der Waals surface area contributed by atoms with Crippen molar-refractivity contribution in [2.75, 3.05) is 5.75 Å². The minimum atomic E-state index is -0.576. The Morgan fingerprint density at radius 3 is 2.71 bits per heavy atom. The number of carbonyl (C=O) groups is 1. The highest BCUT2D eigenvalue weighted by Gasteiger charge is 2.35. The zero-order valence-corrected chi connectivity index (χ0v) is 20.4. The Morgan fingerprint density at radius 1 is 1.06 bits per heavy atom. The van der Waals surface area contributed by atoms with Gasteiger partial charge in [-0.25, -0.2) is 10.0 Å². The van der Waals surface area contributed by atoms with Gasteiger partial charge < -0.3 is 4.42 Å². The lowest BCUT2D eigenvalue weighted by molar-refractivity contribution is -0.116. The summed E-state index contributed by atoms with van der Waals surface area (Å²) in [6, 6.07) is 18.9. The molecule has 34 heavy (non-hydrogen) atoms. The number of benzene rings is 2. The van der Waals surface area contributed by atoms with Crippen molar-refractivity contribution in [2.45, 2.75) is 38.8 Å². The van der Waals surface area contributed by atoms with Gasteiger partial charge in [0.2, 0.25) is 6.17 Å². The van der Waals surface area contributed by atoms with E-state index >= 15 is 0 Å². The lowest BCUT2D eigenvalue weighted by atomic mass is 10.1. The lowest BCUT2D eigenvalue weighted by Crippen LogP contribution is -2.50. The summed E-state index contributed by atoms with van der Waals surface area (Å²) in [6.07, 6.45) is 4.10. The highest BCUT2D eigenvalue weighted by molar-refractivity contribution is 8.13. The van der Waals surface area contributed by atoms with E-state index in [0.29, 0.717) is 27.4 Å². The van der Waals surface area contributed by atoms with Crippen molar-refractivity contribution in [1.82, 2.24) is 10.3 Å².